The molecule has 0 aliphatic heterocycles. The molecule has 0 radical (unpaired) electrons. The van der Waals surface area contributed by atoms with E-state index in [2.05, 4.69) is 159 Å². The quantitative estimate of drug-likeness (QED) is 0.184. The van der Waals surface area contributed by atoms with Crippen LogP contribution in [0.15, 0.2) is 173 Å². The molecule has 0 bridgehead atoms. The lowest BCUT2D eigenvalue weighted by atomic mass is 9.88. The summed E-state index contributed by atoms with van der Waals surface area (Å²) < 4.78 is 12.9. The van der Waals surface area contributed by atoms with Crippen LogP contribution in [0.3, 0.4) is 0 Å². The average molecular weight is 693 g/mol. The number of para-hydroxylation sites is 1. The smallest absolute Gasteiger partial charge is 0.143 e. The van der Waals surface area contributed by atoms with E-state index in [-0.39, 0.29) is 5.92 Å². The van der Waals surface area contributed by atoms with Crippen LogP contribution < -0.4 is 21.1 Å². The summed E-state index contributed by atoms with van der Waals surface area (Å²) in [5, 5.41) is 11.1. The second kappa shape index (κ2) is 12.9. The molecule has 0 N–H and O–H groups in total. The van der Waals surface area contributed by atoms with Crippen molar-refractivity contribution in [2.45, 2.75) is 12.3 Å². The van der Waals surface area contributed by atoms with Gasteiger partial charge in [0, 0.05) is 32.7 Å². The van der Waals surface area contributed by atoms with E-state index in [1.807, 2.05) is 30.3 Å². The minimum Gasteiger partial charge on any atom is -0.456 e. The van der Waals surface area contributed by atoms with Crippen molar-refractivity contribution in [1.29, 1.82) is 0 Å². The molecule has 0 spiro atoms. The molecule has 1 aliphatic carbocycles. The van der Waals surface area contributed by atoms with Gasteiger partial charge in [0.05, 0.1) is 0 Å². The zero-order valence-corrected chi connectivity index (χ0v) is 29.8. The molecule has 54 heavy (non-hydrogen) atoms. The van der Waals surface area contributed by atoms with E-state index in [0.29, 0.717) is 0 Å². The third-order valence-electron chi connectivity index (χ3n) is 10.9. The van der Waals surface area contributed by atoms with Crippen LogP contribution in [0, 0.1) is 0 Å². The van der Waals surface area contributed by atoms with E-state index in [4.69, 9.17) is 8.83 Å². The van der Waals surface area contributed by atoms with Gasteiger partial charge in [0.1, 0.15) is 22.2 Å². The number of rotatable bonds is 4. The number of allylic oxidation sites excluding steroid dienone is 1. The van der Waals surface area contributed by atoms with Gasteiger partial charge in [0.2, 0.25) is 0 Å². The fourth-order valence-corrected chi connectivity index (χ4v) is 8.25. The average Bonchev–Trinajstić information content (AvgIpc) is 3.79. The lowest BCUT2D eigenvalue weighted by Gasteiger charge is -2.15. The molecule has 7 aromatic carbocycles. The molecular weight excluding hydrogens is 657 g/mol. The van der Waals surface area contributed by atoms with Gasteiger partial charge in [-0.3, -0.25) is 0 Å². The number of fused-ring (bicyclic) bond motifs is 10. The van der Waals surface area contributed by atoms with E-state index in [0.717, 1.165) is 98.6 Å². The first-order chi connectivity index (χ1) is 26.6. The van der Waals surface area contributed by atoms with Gasteiger partial charge in [0.15, 0.2) is 0 Å². The summed E-state index contributed by atoms with van der Waals surface area (Å²) in [6.45, 7) is 8.79. The Bertz CT molecular complexity index is 3300. The molecule has 1 unspecified atom stereocenters. The number of hydrogen-bond acceptors (Lipinski definition) is 2. The Hall–Kier alpha value is -6.90. The van der Waals surface area contributed by atoms with Crippen LogP contribution in [0.25, 0.3) is 96.0 Å². The van der Waals surface area contributed by atoms with Gasteiger partial charge >= 0.3 is 0 Å². The number of benzene rings is 6. The first-order valence-corrected chi connectivity index (χ1v) is 18.5. The molecule has 2 heterocycles. The highest BCUT2D eigenvalue weighted by Gasteiger charge is 2.19. The molecule has 0 saturated heterocycles. The highest BCUT2D eigenvalue weighted by atomic mass is 16.3. The molecule has 1 aliphatic rings. The predicted molar refractivity (Wildman–Crippen MR) is 228 cm³/mol. The van der Waals surface area contributed by atoms with Crippen molar-refractivity contribution in [2.75, 3.05) is 0 Å². The van der Waals surface area contributed by atoms with Crippen LogP contribution >= 0.6 is 0 Å². The van der Waals surface area contributed by atoms with Gasteiger partial charge in [-0.2, -0.15) is 0 Å². The summed E-state index contributed by atoms with van der Waals surface area (Å²) in [6, 6.07) is 55.5. The molecule has 2 aromatic heterocycles. The van der Waals surface area contributed by atoms with Gasteiger partial charge in [-0.05, 0) is 97.3 Å². The van der Waals surface area contributed by atoms with Crippen molar-refractivity contribution in [3.05, 3.63) is 197 Å². The number of hydrogen-bond donors (Lipinski definition) is 0. The Balaban J connectivity index is 1.12. The van der Waals surface area contributed by atoms with Crippen LogP contribution in [0.5, 0.6) is 0 Å². The first-order valence-electron chi connectivity index (χ1n) is 18.5. The molecule has 10 rings (SSSR count). The summed E-state index contributed by atoms with van der Waals surface area (Å²) >= 11 is 0. The number of furan rings is 2. The van der Waals surface area contributed by atoms with Crippen LogP contribution in [0.4, 0.5) is 0 Å². The van der Waals surface area contributed by atoms with E-state index in [9.17, 15) is 0 Å². The Morgan fingerprint density at radius 2 is 1.31 bits per heavy atom. The van der Waals surface area contributed by atoms with Crippen molar-refractivity contribution in [3.8, 4) is 11.1 Å². The van der Waals surface area contributed by atoms with E-state index < -0.39 is 0 Å². The van der Waals surface area contributed by atoms with Gasteiger partial charge in [-0.25, -0.2) is 0 Å². The fourth-order valence-electron chi connectivity index (χ4n) is 8.25. The molecule has 0 saturated carbocycles. The van der Waals surface area contributed by atoms with Gasteiger partial charge in [-0.1, -0.05) is 153 Å². The van der Waals surface area contributed by atoms with Gasteiger partial charge in [-0.15, -0.1) is 0 Å². The first kappa shape index (κ1) is 31.8. The lowest BCUT2D eigenvalue weighted by Crippen LogP contribution is -2.25. The van der Waals surface area contributed by atoms with Crippen LogP contribution in [0.2, 0.25) is 0 Å². The van der Waals surface area contributed by atoms with Crippen molar-refractivity contribution < 1.29 is 8.83 Å². The highest BCUT2D eigenvalue weighted by molar-refractivity contribution is 6.20. The SMILES string of the molecule is C=C(/C=c1/ccccc1=C)c1ccccccc(-c2cccc(C3C=c4c(oc5ccc6c(ccc7c8ccccc8oc76)c45)=CC3)c2)c2ccccc12. The summed E-state index contributed by atoms with van der Waals surface area (Å²) in [5.74, 6) is 0.185. The van der Waals surface area contributed by atoms with Crippen molar-refractivity contribution in [2.24, 2.45) is 0 Å². The Labute approximate surface area is 312 Å². The van der Waals surface area contributed by atoms with Crippen molar-refractivity contribution in [1.82, 2.24) is 0 Å². The monoisotopic (exact) mass is 692 g/mol. The maximum absolute atomic E-state index is 6.47. The molecule has 9 aromatic rings. The van der Waals surface area contributed by atoms with Crippen LogP contribution in [-0.2, 0) is 0 Å². The molecule has 256 valence electrons. The van der Waals surface area contributed by atoms with Gasteiger partial charge < -0.3 is 8.83 Å². The van der Waals surface area contributed by atoms with Crippen LogP contribution in [0.1, 0.15) is 23.5 Å². The summed E-state index contributed by atoms with van der Waals surface area (Å²) in [6.07, 6.45) is 7.66. The van der Waals surface area contributed by atoms with Crippen molar-refractivity contribution in [3.63, 3.8) is 0 Å². The van der Waals surface area contributed by atoms with E-state index in [1.165, 1.54) is 11.1 Å². The van der Waals surface area contributed by atoms with E-state index in [1.54, 1.807) is 0 Å². The topological polar surface area (TPSA) is 26.3 Å². The minimum atomic E-state index is 0.185. The zero-order chi connectivity index (χ0) is 36.2. The normalized spacial score (nSPS) is 14.2. The summed E-state index contributed by atoms with van der Waals surface area (Å²) in [7, 11) is 0. The molecule has 2 nitrogen and oxygen atoms in total. The molecule has 0 amide bonds. The summed E-state index contributed by atoms with van der Waals surface area (Å²) in [5.41, 5.74) is 9.27. The molecule has 0 fully saturated rings. The zero-order valence-electron chi connectivity index (χ0n) is 29.8. The second-order valence-electron chi connectivity index (χ2n) is 14.1. The van der Waals surface area contributed by atoms with E-state index >= 15 is 0 Å². The largest absolute Gasteiger partial charge is 0.456 e. The van der Waals surface area contributed by atoms with Crippen LogP contribution in [-0.4, -0.2) is 0 Å². The summed E-state index contributed by atoms with van der Waals surface area (Å²) in [4.78, 5) is 0. The van der Waals surface area contributed by atoms with Crippen molar-refractivity contribution >= 4 is 84.8 Å². The predicted octanol–water partition coefficient (Wildman–Crippen LogP) is 11.1. The third kappa shape index (κ3) is 5.35. The molecule has 1 atom stereocenters. The Kier molecular flexibility index (Phi) is 7.63. The fraction of sp³-hybridized carbons (Fsp3) is 0.0385. The second-order valence-corrected chi connectivity index (χ2v) is 14.1. The third-order valence-corrected chi connectivity index (χ3v) is 10.9. The highest BCUT2D eigenvalue weighted by Crippen LogP contribution is 2.37. The van der Waals surface area contributed by atoms with Gasteiger partial charge in [0.25, 0.3) is 0 Å². The lowest BCUT2D eigenvalue weighted by molar-refractivity contribution is 0.570. The standard InChI is InChI=1S/C52H36O2/c1-33-14-7-8-15-35(33)30-34(2)39-18-5-3-4-6-19-40(42-21-10-9-20-41(39)42)38-17-13-16-36(31-38)37-24-28-49-47(32-37)51-44-25-26-45-43-22-11-12-23-48(43)54-52(45)46(44)27-29-50(51)53-49/h3-23,25-32,37H,1-2,24H2/b4-3?,5-3?,6-4?,18-5?,19-6?,35-30-,39-18?,40-19?,41-39?,42-40?. The molecular formula is C52H36O2. The molecule has 2 heteroatoms. The maximum atomic E-state index is 6.47. The Morgan fingerprint density at radius 1 is 0.593 bits per heavy atom. The Morgan fingerprint density at radius 3 is 2.20 bits per heavy atom. The maximum Gasteiger partial charge on any atom is 0.143 e. The minimum absolute atomic E-state index is 0.185.